The maximum Gasteiger partial charge on any atom is 0.227 e. The summed E-state index contributed by atoms with van der Waals surface area (Å²) in [5.41, 5.74) is 1.80. The van der Waals surface area contributed by atoms with E-state index in [1.807, 2.05) is 41.3 Å². The molecule has 0 unspecified atom stereocenters. The quantitative estimate of drug-likeness (QED) is 0.924. The van der Waals surface area contributed by atoms with Crippen LogP contribution in [0.2, 0.25) is 0 Å². The van der Waals surface area contributed by atoms with E-state index in [9.17, 15) is 4.79 Å². The molecule has 2 heterocycles. The number of benzene rings is 1. The van der Waals surface area contributed by atoms with E-state index >= 15 is 0 Å². The van der Waals surface area contributed by atoms with Crippen LogP contribution in [-0.2, 0) is 11.3 Å². The lowest BCUT2D eigenvalue weighted by atomic mass is 10.3. The molecule has 0 saturated carbocycles. The lowest BCUT2D eigenvalue weighted by molar-refractivity contribution is -0.128. The van der Waals surface area contributed by atoms with Gasteiger partial charge in [-0.2, -0.15) is 0 Å². The third kappa shape index (κ3) is 2.93. The molecule has 0 bridgehead atoms. The Hall–Kier alpha value is -2.43. The Morgan fingerprint density at radius 3 is 2.80 bits per heavy atom. The number of nitrogens with zero attached hydrogens (tertiary/aromatic N) is 3. The number of hydrogen-bond acceptors (Lipinski definition) is 4. The van der Waals surface area contributed by atoms with Crippen molar-refractivity contribution >= 4 is 17.5 Å². The van der Waals surface area contributed by atoms with Gasteiger partial charge in [-0.1, -0.05) is 18.2 Å². The van der Waals surface area contributed by atoms with Crippen molar-refractivity contribution in [2.75, 3.05) is 11.9 Å². The molecule has 102 valence electrons. The van der Waals surface area contributed by atoms with Crippen LogP contribution in [0.15, 0.2) is 42.6 Å². The van der Waals surface area contributed by atoms with Crippen molar-refractivity contribution in [3.05, 3.63) is 48.3 Å². The first-order valence-corrected chi connectivity index (χ1v) is 6.73. The molecule has 5 heteroatoms. The van der Waals surface area contributed by atoms with E-state index in [1.165, 1.54) is 0 Å². The van der Waals surface area contributed by atoms with Crippen LogP contribution in [0.5, 0.6) is 0 Å². The van der Waals surface area contributed by atoms with E-state index in [0.717, 1.165) is 24.3 Å². The van der Waals surface area contributed by atoms with Crippen molar-refractivity contribution in [3.8, 4) is 0 Å². The Labute approximate surface area is 117 Å². The summed E-state index contributed by atoms with van der Waals surface area (Å²) in [5, 5.41) is 3.15. The van der Waals surface area contributed by atoms with Gasteiger partial charge in [0.15, 0.2) is 0 Å². The minimum absolute atomic E-state index is 0.209. The number of aromatic nitrogens is 2. The second kappa shape index (κ2) is 5.69. The van der Waals surface area contributed by atoms with Crippen LogP contribution in [0.1, 0.15) is 18.5 Å². The van der Waals surface area contributed by atoms with Gasteiger partial charge >= 0.3 is 0 Å². The summed E-state index contributed by atoms with van der Waals surface area (Å²) in [6, 6.07) is 11.6. The molecule has 1 saturated heterocycles. The SMILES string of the molecule is O=C1CCCN1Cc1ccnc(Nc2ccccc2)n1. The largest absolute Gasteiger partial charge is 0.337 e. The van der Waals surface area contributed by atoms with Crippen LogP contribution in [0, 0.1) is 0 Å². The predicted octanol–water partition coefficient (Wildman–Crippen LogP) is 2.34. The summed E-state index contributed by atoms with van der Waals surface area (Å²) in [7, 11) is 0. The minimum atomic E-state index is 0.209. The number of likely N-dealkylation sites (tertiary alicyclic amines) is 1. The molecule has 2 aromatic rings. The molecular formula is C15H16N4O. The van der Waals surface area contributed by atoms with Crippen LogP contribution >= 0.6 is 0 Å². The summed E-state index contributed by atoms with van der Waals surface area (Å²) < 4.78 is 0. The van der Waals surface area contributed by atoms with Gasteiger partial charge in [-0.05, 0) is 24.6 Å². The van der Waals surface area contributed by atoms with Gasteiger partial charge in [-0.15, -0.1) is 0 Å². The number of nitrogens with one attached hydrogen (secondary N) is 1. The molecule has 1 aromatic heterocycles. The standard InChI is InChI=1S/C15H16N4O/c20-14-7-4-10-19(14)11-13-8-9-16-15(18-13)17-12-5-2-1-3-6-12/h1-3,5-6,8-9H,4,7,10-11H2,(H,16,17,18). The maximum absolute atomic E-state index is 11.6. The number of anilines is 2. The highest BCUT2D eigenvalue weighted by atomic mass is 16.2. The summed E-state index contributed by atoms with van der Waals surface area (Å²) >= 11 is 0. The number of rotatable bonds is 4. The van der Waals surface area contributed by atoms with Gasteiger partial charge in [-0.25, -0.2) is 9.97 Å². The van der Waals surface area contributed by atoms with Crippen molar-refractivity contribution in [2.45, 2.75) is 19.4 Å². The van der Waals surface area contributed by atoms with Crippen LogP contribution < -0.4 is 5.32 Å². The van der Waals surface area contributed by atoms with Crippen molar-refractivity contribution < 1.29 is 4.79 Å². The molecule has 0 aliphatic carbocycles. The molecule has 1 amide bonds. The summed E-state index contributed by atoms with van der Waals surface area (Å²) in [6.07, 6.45) is 3.31. The number of carbonyl (C=O) groups is 1. The molecule has 0 atom stereocenters. The molecule has 20 heavy (non-hydrogen) atoms. The summed E-state index contributed by atoms with van der Waals surface area (Å²) in [6.45, 7) is 1.38. The summed E-state index contributed by atoms with van der Waals surface area (Å²) in [5.74, 6) is 0.765. The van der Waals surface area contributed by atoms with Gasteiger partial charge < -0.3 is 10.2 Å². The first kappa shape index (κ1) is 12.6. The average Bonchev–Trinajstić information content (AvgIpc) is 2.86. The molecule has 0 radical (unpaired) electrons. The maximum atomic E-state index is 11.6. The van der Waals surface area contributed by atoms with Gasteiger partial charge in [0.1, 0.15) is 0 Å². The average molecular weight is 268 g/mol. The third-order valence-electron chi connectivity index (χ3n) is 3.27. The van der Waals surface area contributed by atoms with Crippen LogP contribution in [0.25, 0.3) is 0 Å². The lowest BCUT2D eigenvalue weighted by Crippen LogP contribution is -2.24. The van der Waals surface area contributed by atoms with Crippen LogP contribution in [-0.4, -0.2) is 27.3 Å². The van der Waals surface area contributed by atoms with Gasteiger partial charge in [0.2, 0.25) is 11.9 Å². The van der Waals surface area contributed by atoms with E-state index in [4.69, 9.17) is 0 Å². The Kier molecular flexibility index (Phi) is 3.58. The molecule has 3 rings (SSSR count). The predicted molar refractivity (Wildman–Crippen MR) is 76.4 cm³/mol. The minimum Gasteiger partial charge on any atom is -0.337 e. The third-order valence-corrected chi connectivity index (χ3v) is 3.27. The molecule has 1 aliphatic heterocycles. The van der Waals surface area contributed by atoms with E-state index < -0.39 is 0 Å². The topological polar surface area (TPSA) is 58.1 Å². The zero-order valence-corrected chi connectivity index (χ0v) is 11.1. The van der Waals surface area contributed by atoms with Crippen molar-refractivity contribution in [3.63, 3.8) is 0 Å². The highest BCUT2D eigenvalue weighted by molar-refractivity contribution is 5.78. The second-order valence-corrected chi connectivity index (χ2v) is 4.78. The van der Waals surface area contributed by atoms with Crippen molar-refractivity contribution in [2.24, 2.45) is 0 Å². The van der Waals surface area contributed by atoms with E-state index in [2.05, 4.69) is 15.3 Å². The van der Waals surface area contributed by atoms with Gasteiger partial charge in [0.25, 0.3) is 0 Å². The molecule has 0 spiro atoms. The van der Waals surface area contributed by atoms with Crippen molar-refractivity contribution in [1.82, 2.24) is 14.9 Å². The lowest BCUT2D eigenvalue weighted by Gasteiger charge is -2.15. The second-order valence-electron chi connectivity index (χ2n) is 4.78. The Bertz CT molecular complexity index is 600. The first-order chi connectivity index (χ1) is 9.81. The number of para-hydroxylation sites is 1. The molecule has 1 fully saturated rings. The van der Waals surface area contributed by atoms with E-state index in [0.29, 0.717) is 18.9 Å². The molecule has 5 nitrogen and oxygen atoms in total. The highest BCUT2D eigenvalue weighted by Crippen LogP contribution is 2.15. The smallest absolute Gasteiger partial charge is 0.227 e. The highest BCUT2D eigenvalue weighted by Gasteiger charge is 2.20. The molecular weight excluding hydrogens is 252 g/mol. The van der Waals surface area contributed by atoms with Gasteiger partial charge in [0, 0.05) is 24.8 Å². The first-order valence-electron chi connectivity index (χ1n) is 6.73. The zero-order chi connectivity index (χ0) is 13.8. The Morgan fingerprint density at radius 1 is 1.20 bits per heavy atom. The number of carbonyl (C=O) groups excluding carboxylic acids is 1. The fourth-order valence-electron chi connectivity index (χ4n) is 2.26. The summed E-state index contributed by atoms with van der Waals surface area (Å²) in [4.78, 5) is 22.1. The van der Waals surface area contributed by atoms with Gasteiger partial charge in [-0.3, -0.25) is 4.79 Å². The monoisotopic (exact) mass is 268 g/mol. The fraction of sp³-hybridized carbons (Fsp3) is 0.267. The Balaban J connectivity index is 1.71. The number of hydrogen-bond donors (Lipinski definition) is 1. The van der Waals surface area contributed by atoms with E-state index in [-0.39, 0.29) is 5.91 Å². The molecule has 1 aromatic carbocycles. The van der Waals surface area contributed by atoms with Crippen LogP contribution in [0.4, 0.5) is 11.6 Å². The molecule has 1 N–H and O–H groups in total. The van der Waals surface area contributed by atoms with Gasteiger partial charge in [0.05, 0.1) is 12.2 Å². The zero-order valence-electron chi connectivity index (χ0n) is 11.1. The van der Waals surface area contributed by atoms with E-state index in [1.54, 1.807) is 6.20 Å². The van der Waals surface area contributed by atoms with Crippen LogP contribution in [0.3, 0.4) is 0 Å². The normalized spacial score (nSPS) is 14.6. The fourth-order valence-corrected chi connectivity index (χ4v) is 2.26. The Morgan fingerprint density at radius 2 is 2.05 bits per heavy atom. The van der Waals surface area contributed by atoms with Crippen molar-refractivity contribution in [1.29, 1.82) is 0 Å². The number of amides is 1. The molecule has 1 aliphatic rings.